The largest absolute Gasteiger partial charge is 0.508 e. The van der Waals surface area contributed by atoms with Gasteiger partial charge in [-0.25, -0.2) is 4.39 Å². The fraction of sp³-hybridized carbons (Fsp3) is 0.429. The first-order valence-corrected chi connectivity index (χ1v) is 6.76. The molecule has 0 spiro atoms. The number of hydrogen-bond donors (Lipinski definition) is 4. The number of benzene rings is 1. The van der Waals surface area contributed by atoms with Gasteiger partial charge in [-0.1, -0.05) is 0 Å². The zero-order valence-electron chi connectivity index (χ0n) is 11.9. The maximum Gasteiger partial charge on any atom is 0.290 e. The van der Waals surface area contributed by atoms with Gasteiger partial charge in [-0.3, -0.25) is 9.59 Å². The third-order valence-corrected chi connectivity index (χ3v) is 3.54. The molecule has 9 heteroatoms. The summed E-state index contributed by atoms with van der Waals surface area (Å²) in [6.07, 6.45) is -1.58. The molecule has 4 N–H and O–H groups in total. The van der Waals surface area contributed by atoms with E-state index in [2.05, 4.69) is 5.32 Å². The fourth-order valence-electron chi connectivity index (χ4n) is 2.54. The number of phenolic OH excluding ortho intramolecular Hbond substituents is 1. The van der Waals surface area contributed by atoms with Crippen LogP contribution in [0, 0.1) is 5.82 Å². The van der Waals surface area contributed by atoms with E-state index in [-0.39, 0.29) is 31.0 Å². The van der Waals surface area contributed by atoms with Gasteiger partial charge in [0.2, 0.25) is 0 Å². The van der Waals surface area contributed by atoms with E-state index in [4.69, 9.17) is 24.5 Å². The number of halogens is 1. The summed E-state index contributed by atoms with van der Waals surface area (Å²) in [6.45, 7) is 0.118. The summed E-state index contributed by atoms with van der Waals surface area (Å²) in [5.74, 6) is -1.65. The van der Waals surface area contributed by atoms with Crippen LogP contribution in [0.5, 0.6) is 5.75 Å². The number of aromatic hydroxyl groups is 1. The van der Waals surface area contributed by atoms with Crippen molar-refractivity contribution < 1.29 is 38.8 Å². The number of carbonyl (C=O) groups is 2. The number of phenols is 1. The SMILES string of the molecule is O=C(N[C@H]1CO[C@H]2[C@@H]1OC[C@H]2O)c1ccc(O)cc1F.O=CO. The number of nitrogens with one attached hydrogen (secondary N) is 1. The second-order valence-corrected chi connectivity index (χ2v) is 5.01. The standard InChI is InChI=1S/C13H14FNO5.CH2O2/c14-8-3-6(16)1-2-7(8)13(18)15-9-4-19-12-10(17)5-20-11(9)12;2-1-3/h1-3,9-12,16-17H,4-5H2,(H,15,18);1H,(H,2,3)/t9-,10+,11+,12+;/m0./s1. The van der Waals surface area contributed by atoms with E-state index >= 15 is 0 Å². The van der Waals surface area contributed by atoms with Gasteiger partial charge in [0.15, 0.2) is 0 Å². The van der Waals surface area contributed by atoms with Crippen molar-refractivity contribution in [1.29, 1.82) is 0 Å². The maximum atomic E-state index is 13.6. The Bertz CT molecular complexity index is 582. The maximum absolute atomic E-state index is 13.6. The van der Waals surface area contributed by atoms with Crippen LogP contribution in [-0.2, 0) is 14.3 Å². The summed E-state index contributed by atoms with van der Waals surface area (Å²) in [4.78, 5) is 20.4. The van der Waals surface area contributed by atoms with Crippen LogP contribution in [0.3, 0.4) is 0 Å². The molecule has 4 atom stereocenters. The molecule has 0 saturated carbocycles. The van der Waals surface area contributed by atoms with Crippen LogP contribution < -0.4 is 5.32 Å². The van der Waals surface area contributed by atoms with Crippen LogP contribution in [0.25, 0.3) is 0 Å². The molecule has 1 amide bonds. The molecule has 0 radical (unpaired) electrons. The summed E-state index contributed by atoms with van der Waals surface area (Å²) in [5.41, 5.74) is -0.162. The fourth-order valence-corrected chi connectivity index (χ4v) is 2.54. The summed E-state index contributed by atoms with van der Waals surface area (Å²) >= 11 is 0. The van der Waals surface area contributed by atoms with Crippen molar-refractivity contribution in [2.45, 2.75) is 24.4 Å². The van der Waals surface area contributed by atoms with Crippen molar-refractivity contribution >= 4 is 12.4 Å². The topological polar surface area (TPSA) is 125 Å². The predicted molar refractivity (Wildman–Crippen MR) is 73.5 cm³/mol. The van der Waals surface area contributed by atoms with Crippen LogP contribution in [0.4, 0.5) is 4.39 Å². The van der Waals surface area contributed by atoms with E-state index in [0.717, 1.165) is 6.07 Å². The Labute approximate surface area is 130 Å². The zero-order valence-corrected chi connectivity index (χ0v) is 11.9. The Balaban J connectivity index is 0.000000595. The highest BCUT2D eigenvalue weighted by Crippen LogP contribution is 2.27. The molecule has 0 unspecified atom stereocenters. The predicted octanol–water partition coefficient (Wildman–Crippen LogP) is -0.511. The summed E-state index contributed by atoms with van der Waals surface area (Å²) in [5, 5.41) is 28.2. The molecule has 126 valence electrons. The van der Waals surface area contributed by atoms with E-state index < -0.39 is 36.1 Å². The Kier molecular flexibility index (Phi) is 5.48. The molecule has 1 aromatic rings. The van der Waals surface area contributed by atoms with Gasteiger partial charge in [-0.15, -0.1) is 0 Å². The lowest BCUT2D eigenvalue weighted by Crippen LogP contribution is -2.44. The number of ether oxygens (including phenoxy) is 2. The van der Waals surface area contributed by atoms with E-state index in [1.54, 1.807) is 0 Å². The van der Waals surface area contributed by atoms with Gasteiger partial charge < -0.3 is 30.1 Å². The van der Waals surface area contributed by atoms with Gasteiger partial charge >= 0.3 is 0 Å². The Morgan fingerprint density at radius 1 is 1.30 bits per heavy atom. The molecule has 1 aromatic carbocycles. The minimum atomic E-state index is -0.801. The molecule has 2 fully saturated rings. The first kappa shape index (κ1) is 17.1. The van der Waals surface area contributed by atoms with Crippen LogP contribution in [0.15, 0.2) is 18.2 Å². The normalized spacial score (nSPS) is 28.4. The molecule has 8 nitrogen and oxygen atoms in total. The van der Waals surface area contributed by atoms with Gasteiger partial charge in [-0.05, 0) is 12.1 Å². The Hall–Kier alpha value is -2.23. The average molecular weight is 329 g/mol. The van der Waals surface area contributed by atoms with Crippen molar-refractivity contribution in [1.82, 2.24) is 5.32 Å². The van der Waals surface area contributed by atoms with Crippen LogP contribution in [0.2, 0.25) is 0 Å². The van der Waals surface area contributed by atoms with Gasteiger partial charge in [0, 0.05) is 6.07 Å². The highest BCUT2D eigenvalue weighted by molar-refractivity contribution is 5.94. The molecule has 2 saturated heterocycles. The molecule has 2 aliphatic rings. The van der Waals surface area contributed by atoms with Gasteiger partial charge in [0.05, 0.1) is 24.8 Å². The monoisotopic (exact) mass is 329 g/mol. The number of rotatable bonds is 2. The van der Waals surface area contributed by atoms with Crippen LogP contribution in [-0.4, -0.2) is 65.3 Å². The second-order valence-electron chi connectivity index (χ2n) is 5.01. The van der Waals surface area contributed by atoms with Gasteiger partial charge in [0.1, 0.15) is 29.9 Å². The van der Waals surface area contributed by atoms with E-state index in [1.807, 2.05) is 0 Å². The van der Waals surface area contributed by atoms with Crippen LogP contribution in [0.1, 0.15) is 10.4 Å². The molecule has 23 heavy (non-hydrogen) atoms. The number of hydrogen-bond acceptors (Lipinski definition) is 6. The minimum absolute atomic E-state index is 0.162. The number of aliphatic hydroxyl groups is 1. The number of fused-ring (bicyclic) bond motifs is 1. The molecular formula is C14H16FNO7. The van der Waals surface area contributed by atoms with E-state index in [0.29, 0.717) is 0 Å². The van der Waals surface area contributed by atoms with Crippen molar-refractivity contribution in [2.24, 2.45) is 0 Å². The van der Waals surface area contributed by atoms with E-state index in [1.165, 1.54) is 12.1 Å². The first-order chi connectivity index (χ1) is 11.0. The smallest absolute Gasteiger partial charge is 0.290 e. The zero-order chi connectivity index (χ0) is 17.0. The first-order valence-electron chi connectivity index (χ1n) is 6.76. The molecule has 0 aromatic heterocycles. The summed E-state index contributed by atoms with van der Waals surface area (Å²) in [6, 6.07) is 2.89. The number of carbonyl (C=O) groups excluding carboxylic acids is 1. The summed E-state index contributed by atoms with van der Waals surface area (Å²) < 4.78 is 24.3. The molecular weight excluding hydrogens is 313 g/mol. The van der Waals surface area contributed by atoms with Crippen LogP contribution >= 0.6 is 0 Å². The second kappa shape index (κ2) is 7.36. The number of carboxylic acid groups (broad SMARTS) is 1. The van der Waals surface area contributed by atoms with Gasteiger partial charge in [0.25, 0.3) is 12.4 Å². The lowest BCUT2D eigenvalue weighted by Gasteiger charge is -2.17. The van der Waals surface area contributed by atoms with Crippen molar-refractivity contribution in [3.05, 3.63) is 29.6 Å². The third kappa shape index (κ3) is 3.76. The quantitative estimate of drug-likeness (QED) is 0.538. The highest BCUT2D eigenvalue weighted by Gasteiger charge is 2.47. The molecule has 0 aliphatic carbocycles. The Morgan fingerprint density at radius 2 is 1.96 bits per heavy atom. The molecule has 2 heterocycles. The lowest BCUT2D eigenvalue weighted by atomic mass is 10.1. The average Bonchev–Trinajstić information content (AvgIpc) is 3.04. The number of aliphatic hydroxyl groups excluding tert-OH is 1. The summed E-state index contributed by atoms with van der Waals surface area (Å²) in [7, 11) is 0. The minimum Gasteiger partial charge on any atom is -0.508 e. The lowest BCUT2D eigenvalue weighted by molar-refractivity contribution is -0.122. The van der Waals surface area contributed by atoms with Crippen molar-refractivity contribution in [3.63, 3.8) is 0 Å². The molecule has 2 aliphatic heterocycles. The van der Waals surface area contributed by atoms with Crippen molar-refractivity contribution in [2.75, 3.05) is 13.2 Å². The molecule has 0 bridgehead atoms. The molecule has 3 rings (SSSR count). The highest BCUT2D eigenvalue weighted by atomic mass is 19.1. The van der Waals surface area contributed by atoms with Gasteiger partial charge in [-0.2, -0.15) is 0 Å². The van der Waals surface area contributed by atoms with Crippen molar-refractivity contribution in [3.8, 4) is 5.75 Å². The number of amides is 1. The third-order valence-electron chi connectivity index (χ3n) is 3.54. The Morgan fingerprint density at radius 3 is 2.61 bits per heavy atom. The van der Waals surface area contributed by atoms with E-state index in [9.17, 15) is 14.3 Å².